The lowest BCUT2D eigenvalue weighted by atomic mass is 10.1. The summed E-state index contributed by atoms with van der Waals surface area (Å²) in [5.74, 6) is 0. The smallest absolute Gasteiger partial charge is 0.116 e. The van der Waals surface area contributed by atoms with Crippen LogP contribution in [0.3, 0.4) is 0 Å². The Morgan fingerprint density at radius 3 is 1.44 bits per heavy atom. The van der Waals surface area contributed by atoms with Gasteiger partial charge in [-0.25, -0.2) is 0 Å². The van der Waals surface area contributed by atoms with E-state index in [-0.39, 0.29) is 20.1 Å². The molecule has 1 rings (SSSR count). The third kappa shape index (κ3) is 2.53. The van der Waals surface area contributed by atoms with E-state index in [0.29, 0.717) is 0 Å². The highest BCUT2D eigenvalue weighted by Gasteiger charge is 2.56. The molecule has 0 aromatic heterocycles. The summed E-state index contributed by atoms with van der Waals surface area (Å²) < 4.78 is -1.89. The number of hydrogen-bond acceptors (Lipinski definition) is 0. The van der Waals surface area contributed by atoms with E-state index in [1.54, 1.807) is 0 Å². The summed E-state index contributed by atoms with van der Waals surface area (Å²) in [4.78, 5) is -1.63. The zero-order chi connectivity index (χ0) is 12.9. The van der Waals surface area contributed by atoms with Gasteiger partial charge in [0.25, 0.3) is 0 Å². The Labute approximate surface area is 137 Å². The lowest BCUT2D eigenvalue weighted by Crippen LogP contribution is -2.41. The minimum absolute atomic E-state index is 0.0109. The molecule has 1 atom stereocenters. The first-order chi connectivity index (χ1) is 7.04. The van der Waals surface area contributed by atoms with Crippen LogP contribution in [-0.2, 0) is 0 Å². The van der Waals surface area contributed by atoms with Crippen molar-refractivity contribution in [2.75, 3.05) is 0 Å². The summed E-state index contributed by atoms with van der Waals surface area (Å²) in [6.07, 6.45) is 0. The Bertz CT molecular complexity index is 350. The van der Waals surface area contributed by atoms with Crippen molar-refractivity contribution in [1.82, 2.24) is 0 Å². The minimum Gasteiger partial charge on any atom is -0.116 e. The van der Waals surface area contributed by atoms with Gasteiger partial charge >= 0.3 is 0 Å². The molecule has 0 spiro atoms. The molecule has 0 nitrogen and oxygen atoms in total. The largest absolute Gasteiger partial charge is 0.209 e. The molecule has 0 bridgehead atoms. The highest BCUT2D eigenvalue weighted by atomic mass is 35.6. The summed E-state index contributed by atoms with van der Waals surface area (Å²) in [6, 6.07) is 0. The first-order valence-corrected chi connectivity index (χ1v) is 7.02. The monoisotopic (exact) mass is 400 g/mol. The molecular weight excluding hydrogens is 403 g/mol. The van der Waals surface area contributed by atoms with E-state index in [1.807, 2.05) is 0 Å². The standard InChI is InChI=1S/C7HCl9/c8-1-2(9)4(11)6(13,3(1)10)5(12)7(14,15)16/h5H. The number of halogens is 9. The predicted molar refractivity (Wildman–Crippen MR) is 76.0 cm³/mol. The van der Waals surface area contributed by atoms with Crippen LogP contribution in [0.25, 0.3) is 0 Å². The third-order valence-electron chi connectivity index (χ3n) is 1.85. The van der Waals surface area contributed by atoms with Crippen LogP contribution in [-0.4, -0.2) is 14.0 Å². The average molecular weight is 404 g/mol. The highest BCUT2D eigenvalue weighted by molar-refractivity contribution is 6.72. The maximum atomic E-state index is 6.16. The van der Waals surface area contributed by atoms with Crippen LogP contribution in [0, 0.1) is 0 Å². The van der Waals surface area contributed by atoms with Crippen LogP contribution >= 0.6 is 104 Å². The van der Waals surface area contributed by atoms with Gasteiger partial charge in [0.1, 0.15) is 10.3 Å². The van der Waals surface area contributed by atoms with Crippen LogP contribution in [0.1, 0.15) is 0 Å². The first kappa shape index (κ1) is 16.1. The van der Waals surface area contributed by atoms with Crippen LogP contribution < -0.4 is 0 Å². The molecule has 0 aromatic carbocycles. The van der Waals surface area contributed by atoms with Crippen molar-refractivity contribution in [1.29, 1.82) is 0 Å². The zero-order valence-corrected chi connectivity index (χ0v) is 13.8. The molecule has 1 unspecified atom stereocenters. The molecule has 0 saturated heterocycles. The van der Waals surface area contributed by atoms with Gasteiger partial charge in [0, 0.05) is 0 Å². The molecule has 0 N–H and O–H groups in total. The topological polar surface area (TPSA) is 0 Å². The molecule has 0 heterocycles. The van der Waals surface area contributed by atoms with Gasteiger partial charge < -0.3 is 0 Å². The summed E-state index contributed by atoms with van der Waals surface area (Å²) in [7, 11) is 0. The lowest BCUT2D eigenvalue weighted by Gasteiger charge is -2.32. The Kier molecular flexibility index (Phi) is 5.28. The number of allylic oxidation sites excluding steroid dienone is 4. The third-order valence-corrected chi connectivity index (χ3v) is 6.42. The molecule has 92 valence electrons. The molecule has 0 aliphatic heterocycles. The summed E-state index contributed by atoms with van der Waals surface area (Å²) in [5.41, 5.74) is 0. The normalized spacial score (nSPS) is 23.1. The van der Waals surface area contributed by atoms with E-state index in [9.17, 15) is 0 Å². The van der Waals surface area contributed by atoms with Crippen molar-refractivity contribution in [3.05, 3.63) is 20.1 Å². The van der Waals surface area contributed by atoms with Gasteiger partial charge in [0.15, 0.2) is 0 Å². The van der Waals surface area contributed by atoms with E-state index < -0.39 is 14.0 Å². The van der Waals surface area contributed by atoms with Gasteiger partial charge in [-0.2, -0.15) is 0 Å². The second kappa shape index (κ2) is 5.23. The van der Waals surface area contributed by atoms with Crippen LogP contribution in [0.15, 0.2) is 20.1 Å². The van der Waals surface area contributed by atoms with Crippen molar-refractivity contribution in [2.45, 2.75) is 14.0 Å². The summed E-state index contributed by atoms with van der Waals surface area (Å²) in [5, 5.41) is -1.41. The van der Waals surface area contributed by atoms with Gasteiger partial charge in [0.05, 0.1) is 20.1 Å². The minimum atomic E-state index is -1.89. The van der Waals surface area contributed by atoms with Crippen molar-refractivity contribution in [3.63, 3.8) is 0 Å². The van der Waals surface area contributed by atoms with Crippen LogP contribution in [0.4, 0.5) is 0 Å². The van der Waals surface area contributed by atoms with E-state index in [2.05, 4.69) is 0 Å². The van der Waals surface area contributed by atoms with Gasteiger partial charge in [-0.15, -0.1) is 23.2 Å². The SMILES string of the molecule is ClC1=C(Cl)C(Cl)(C(Cl)C(Cl)(Cl)Cl)C(Cl)=C1Cl. The van der Waals surface area contributed by atoms with Crippen molar-refractivity contribution >= 4 is 104 Å². The fourth-order valence-corrected chi connectivity index (χ4v) is 3.72. The molecule has 1 aliphatic carbocycles. The van der Waals surface area contributed by atoms with Crippen LogP contribution in [0.5, 0.6) is 0 Å². The molecule has 0 aromatic rings. The average Bonchev–Trinajstić information content (AvgIpc) is 2.33. The second-order valence-corrected chi connectivity index (χ2v) is 7.79. The number of rotatable bonds is 1. The van der Waals surface area contributed by atoms with Crippen molar-refractivity contribution in [3.8, 4) is 0 Å². The maximum Gasteiger partial charge on any atom is 0.209 e. The van der Waals surface area contributed by atoms with E-state index in [1.165, 1.54) is 0 Å². The lowest BCUT2D eigenvalue weighted by molar-refractivity contribution is 0.760. The molecule has 9 heteroatoms. The van der Waals surface area contributed by atoms with Crippen molar-refractivity contribution in [2.24, 2.45) is 0 Å². The quantitative estimate of drug-likeness (QED) is 0.448. The fourth-order valence-electron chi connectivity index (χ4n) is 1.06. The first-order valence-electron chi connectivity index (χ1n) is 3.56. The van der Waals surface area contributed by atoms with E-state index in [4.69, 9.17) is 104 Å². The summed E-state index contributed by atoms with van der Waals surface area (Å²) >= 11 is 52.4. The Hall–Kier alpha value is 2.09. The zero-order valence-electron chi connectivity index (χ0n) is 6.98. The van der Waals surface area contributed by atoms with Gasteiger partial charge in [-0.3, -0.25) is 0 Å². The predicted octanol–water partition coefficient (Wildman–Crippen LogP) is 6.33. The van der Waals surface area contributed by atoms with Gasteiger partial charge in [0.2, 0.25) is 3.79 Å². The maximum absolute atomic E-state index is 6.16. The number of hydrogen-bond donors (Lipinski definition) is 0. The molecule has 0 amide bonds. The van der Waals surface area contributed by atoms with E-state index in [0.717, 1.165) is 0 Å². The Morgan fingerprint density at radius 1 is 0.875 bits per heavy atom. The Morgan fingerprint density at radius 2 is 1.19 bits per heavy atom. The van der Waals surface area contributed by atoms with Gasteiger partial charge in [-0.1, -0.05) is 81.2 Å². The van der Waals surface area contributed by atoms with Crippen LogP contribution in [0.2, 0.25) is 0 Å². The molecule has 16 heavy (non-hydrogen) atoms. The van der Waals surface area contributed by atoms with Gasteiger partial charge in [-0.05, 0) is 0 Å². The molecule has 0 saturated carbocycles. The van der Waals surface area contributed by atoms with Crippen molar-refractivity contribution < 1.29 is 0 Å². The fraction of sp³-hybridized carbons (Fsp3) is 0.429. The second-order valence-electron chi connectivity index (χ2n) is 2.87. The molecule has 0 radical (unpaired) electrons. The summed E-state index contributed by atoms with van der Waals surface area (Å²) in [6.45, 7) is 0. The molecule has 0 fully saturated rings. The Balaban J connectivity index is 3.33. The number of alkyl halides is 5. The molecule has 1 aliphatic rings. The van der Waals surface area contributed by atoms with E-state index >= 15 is 0 Å². The highest BCUT2D eigenvalue weighted by Crippen LogP contribution is 2.58. The molecular formula is C7HCl9.